The number of hydrogen-bond acceptors (Lipinski definition) is 4. The molecular formula is C15H26N4. The number of rotatable bonds is 6. The van der Waals surface area contributed by atoms with Crippen LogP contribution >= 0.6 is 0 Å². The molecule has 0 aromatic carbocycles. The number of anilines is 1. The van der Waals surface area contributed by atoms with E-state index in [-0.39, 0.29) is 0 Å². The maximum Gasteiger partial charge on any atom is 0.144 e. The highest BCUT2D eigenvalue weighted by atomic mass is 15.2. The summed E-state index contributed by atoms with van der Waals surface area (Å²) >= 11 is 0. The van der Waals surface area contributed by atoms with Gasteiger partial charge in [-0.1, -0.05) is 13.8 Å². The third kappa shape index (κ3) is 3.44. The van der Waals surface area contributed by atoms with Gasteiger partial charge >= 0.3 is 0 Å². The van der Waals surface area contributed by atoms with Crippen LogP contribution in [0.5, 0.6) is 0 Å². The van der Waals surface area contributed by atoms with Crippen LogP contribution in [-0.4, -0.2) is 34.5 Å². The molecule has 1 fully saturated rings. The Hall–Kier alpha value is -1.16. The maximum atomic E-state index is 4.49. The Morgan fingerprint density at radius 3 is 2.53 bits per heavy atom. The zero-order valence-electron chi connectivity index (χ0n) is 12.4. The van der Waals surface area contributed by atoms with Crippen molar-refractivity contribution in [2.45, 2.75) is 46.6 Å². The van der Waals surface area contributed by atoms with Crippen molar-refractivity contribution in [2.24, 2.45) is 5.41 Å². The first-order valence-corrected chi connectivity index (χ1v) is 7.48. The average Bonchev–Trinajstić information content (AvgIpc) is 2.85. The van der Waals surface area contributed by atoms with Gasteiger partial charge in [0.1, 0.15) is 5.82 Å². The topological polar surface area (TPSA) is 41.1 Å². The van der Waals surface area contributed by atoms with E-state index in [2.05, 4.69) is 41.0 Å². The predicted octanol–water partition coefficient (Wildman–Crippen LogP) is 2.92. The summed E-state index contributed by atoms with van der Waals surface area (Å²) in [6.45, 7) is 10.9. The molecule has 0 amide bonds. The van der Waals surface area contributed by atoms with Gasteiger partial charge in [-0.25, -0.2) is 4.98 Å². The van der Waals surface area contributed by atoms with Crippen LogP contribution in [0.25, 0.3) is 0 Å². The highest BCUT2D eigenvalue weighted by Crippen LogP contribution is 2.37. The molecular weight excluding hydrogens is 236 g/mol. The van der Waals surface area contributed by atoms with Gasteiger partial charge in [0, 0.05) is 19.6 Å². The van der Waals surface area contributed by atoms with E-state index in [1.165, 1.54) is 32.4 Å². The van der Waals surface area contributed by atoms with Crippen molar-refractivity contribution in [2.75, 3.05) is 25.0 Å². The van der Waals surface area contributed by atoms with Crippen molar-refractivity contribution in [1.82, 2.24) is 14.9 Å². The molecule has 106 valence electrons. The third-order valence-corrected chi connectivity index (χ3v) is 4.47. The molecule has 0 spiro atoms. The molecule has 2 heterocycles. The van der Waals surface area contributed by atoms with E-state index in [1.807, 2.05) is 12.4 Å². The summed E-state index contributed by atoms with van der Waals surface area (Å²) in [7, 11) is 0. The van der Waals surface area contributed by atoms with Crippen LogP contribution in [0.4, 0.5) is 5.82 Å². The van der Waals surface area contributed by atoms with E-state index >= 15 is 0 Å². The Labute approximate surface area is 116 Å². The fraction of sp³-hybridized carbons (Fsp3) is 0.733. The van der Waals surface area contributed by atoms with Gasteiger partial charge in [-0.15, -0.1) is 0 Å². The molecule has 1 aromatic rings. The first kappa shape index (κ1) is 14.3. The lowest BCUT2D eigenvalue weighted by Crippen LogP contribution is -2.26. The average molecular weight is 262 g/mol. The number of aromatic nitrogens is 2. The number of hydrogen-bond donors (Lipinski definition) is 1. The second kappa shape index (κ2) is 6.33. The van der Waals surface area contributed by atoms with Crippen molar-refractivity contribution in [3.63, 3.8) is 0 Å². The minimum Gasteiger partial charge on any atom is -0.369 e. The molecule has 0 radical (unpaired) electrons. The van der Waals surface area contributed by atoms with Gasteiger partial charge in [0.25, 0.3) is 0 Å². The summed E-state index contributed by atoms with van der Waals surface area (Å²) in [4.78, 5) is 11.4. The van der Waals surface area contributed by atoms with Crippen LogP contribution < -0.4 is 5.32 Å². The minimum atomic E-state index is 0.539. The SMILES string of the molecule is CCNc1cnc(CN2CCC(CC)(CC)C2)cn1. The zero-order valence-corrected chi connectivity index (χ0v) is 12.4. The lowest BCUT2D eigenvalue weighted by atomic mass is 9.82. The molecule has 0 saturated carbocycles. The van der Waals surface area contributed by atoms with E-state index in [0.29, 0.717) is 5.41 Å². The first-order chi connectivity index (χ1) is 9.21. The molecule has 19 heavy (non-hydrogen) atoms. The monoisotopic (exact) mass is 262 g/mol. The second-order valence-corrected chi connectivity index (χ2v) is 5.59. The Bertz CT molecular complexity index is 384. The molecule has 0 bridgehead atoms. The van der Waals surface area contributed by atoms with E-state index in [9.17, 15) is 0 Å². The van der Waals surface area contributed by atoms with Crippen LogP contribution in [0.15, 0.2) is 12.4 Å². The highest BCUT2D eigenvalue weighted by Gasteiger charge is 2.34. The van der Waals surface area contributed by atoms with Crippen molar-refractivity contribution in [3.05, 3.63) is 18.1 Å². The minimum absolute atomic E-state index is 0.539. The Balaban J connectivity index is 1.91. The van der Waals surface area contributed by atoms with Crippen molar-refractivity contribution in [1.29, 1.82) is 0 Å². The van der Waals surface area contributed by atoms with Crippen LogP contribution in [-0.2, 0) is 6.54 Å². The van der Waals surface area contributed by atoms with Crippen LogP contribution in [0.1, 0.15) is 45.7 Å². The molecule has 1 aliphatic rings. The summed E-state index contributed by atoms with van der Waals surface area (Å²) in [6.07, 6.45) is 7.62. The molecule has 2 rings (SSSR count). The summed E-state index contributed by atoms with van der Waals surface area (Å²) in [5.74, 6) is 0.865. The van der Waals surface area contributed by atoms with Crippen LogP contribution in [0.3, 0.4) is 0 Å². The van der Waals surface area contributed by atoms with Gasteiger partial charge < -0.3 is 5.32 Å². The Kier molecular flexibility index (Phi) is 4.75. The smallest absolute Gasteiger partial charge is 0.144 e. The van der Waals surface area contributed by atoms with E-state index in [1.54, 1.807) is 0 Å². The zero-order chi connectivity index (χ0) is 13.7. The van der Waals surface area contributed by atoms with Crippen LogP contribution in [0, 0.1) is 5.41 Å². The lowest BCUT2D eigenvalue weighted by molar-refractivity contribution is 0.234. The normalized spacial score (nSPS) is 18.7. The summed E-state index contributed by atoms with van der Waals surface area (Å²) in [6, 6.07) is 0. The second-order valence-electron chi connectivity index (χ2n) is 5.59. The largest absolute Gasteiger partial charge is 0.369 e. The highest BCUT2D eigenvalue weighted by molar-refractivity contribution is 5.30. The molecule has 4 heteroatoms. The van der Waals surface area contributed by atoms with Crippen molar-refractivity contribution >= 4 is 5.82 Å². The fourth-order valence-corrected chi connectivity index (χ4v) is 2.93. The Morgan fingerprint density at radius 2 is 2.00 bits per heavy atom. The number of nitrogens with one attached hydrogen (secondary N) is 1. The Morgan fingerprint density at radius 1 is 1.21 bits per heavy atom. The molecule has 0 unspecified atom stereocenters. The molecule has 4 nitrogen and oxygen atoms in total. The van der Waals surface area contributed by atoms with E-state index in [4.69, 9.17) is 0 Å². The molecule has 1 saturated heterocycles. The summed E-state index contributed by atoms with van der Waals surface area (Å²) < 4.78 is 0. The van der Waals surface area contributed by atoms with Gasteiger partial charge in [0.15, 0.2) is 0 Å². The predicted molar refractivity (Wildman–Crippen MR) is 79.1 cm³/mol. The van der Waals surface area contributed by atoms with Gasteiger partial charge in [-0.05, 0) is 38.1 Å². The first-order valence-electron chi connectivity index (χ1n) is 7.48. The quantitative estimate of drug-likeness (QED) is 0.856. The summed E-state index contributed by atoms with van der Waals surface area (Å²) in [5, 5.41) is 3.17. The molecule has 1 N–H and O–H groups in total. The van der Waals surface area contributed by atoms with Gasteiger partial charge in [-0.2, -0.15) is 0 Å². The van der Waals surface area contributed by atoms with Crippen molar-refractivity contribution < 1.29 is 0 Å². The molecule has 0 atom stereocenters. The fourth-order valence-electron chi connectivity index (χ4n) is 2.93. The number of nitrogens with zero attached hydrogens (tertiary/aromatic N) is 3. The van der Waals surface area contributed by atoms with Gasteiger partial charge in [0.05, 0.1) is 18.1 Å². The number of likely N-dealkylation sites (tertiary alicyclic amines) is 1. The van der Waals surface area contributed by atoms with Crippen molar-refractivity contribution in [3.8, 4) is 0 Å². The summed E-state index contributed by atoms with van der Waals surface area (Å²) in [5.41, 5.74) is 1.61. The van der Waals surface area contributed by atoms with Gasteiger partial charge in [-0.3, -0.25) is 9.88 Å². The third-order valence-electron chi connectivity index (χ3n) is 4.47. The molecule has 1 aliphatic heterocycles. The van der Waals surface area contributed by atoms with E-state index < -0.39 is 0 Å². The molecule has 1 aromatic heterocycles. The van der Waals surface area contributed by atoms with Gasteiger partial charge in [0.2, 0.25) is 0 Å². The molecule has 0 aliphatic carbocycles. The maximum absolute atomic E-state index is 4.49. The lowest BCUT2D eigenvalue weighted by Gasteiger charge is -2.26. The van der Waals surface area contributed by atoms with Crippen LogP contribution in [0.2, 0.25) is 0 Å². The van der Waals surface area contributed by atoms with E-state index in [0.717, 1.165) is 24.6 Å². The standard InChI is InChI=1S/C15H26N4/c1-4-15(5-2)7-8-19(12-15)11-13-9-18-14(10-17-13)16-6-3/h9-10H,4-8,11-12H2,1-3H3,(H,16,18).